The third-order valence-electron chi connectivity index (χ3n) is 2.60. The van der Waals surface area contributed by atoms with Crippen LogP contribution in [0.5, 0.6) is 0 Å². The van der Waals surface area contributed by atoms with E-state index in [4.69, 9.17) is 0 Å². The Labute approximate surface area is 124 Å². The van der Waals surface area contributed by atoms with Gasteiger partial charge in [0.25, 0.3) is 0 Å². The van der Waals surface area contributed by atoms with Gasteiger partial charge >= 0.3 is 6.18 Å². The lowest BCUT2D eigenvalue weighted by Crippen LogP contribution is -2.10. The van der Waals surface area contributed by atoms with Gasteiger partial charge in [-0.2, -0.15) is 13.2 Å². The van der Waals surface area contributed by atoms with E-state index in [9.17, 15) is 13.2 Å². The van der Waals surface area contributed by atoms with Gasteiger partial charge in [-0.1, -0.05) is 0 Å². The van der Waals surface area contributed by atoms with E-state index < -0.39 is 11.7 Å². The van der Waals surface area contributed by atoms with Gasteiger partial charge in [0, 0.05) is 17.6 Å². The van der Waals surface area contributed by atoms with Crippen molar-refractivity contribution in [3.63, 3.8) is 0 Å². The van der Waals surface area contributed by atoms with Crippen LogP contribution in [0.15, 0.2) is 17.5 Å². The summed E-state index contributed by atoms with van der Waals surface area (Å²) in [5.74, 6) is 0.374. The summed E-state index contributed by atoms with van der Waals surface area (Å²) in [5.41, 5.74) is 0.161. The van der Waals surface area contributed by atoms with Crippen LogP contribution in [-0.4, -0.2) is 16.5 Å². The zero-order chi connectivity index (χ0) is 15.5. The zero-order valence-electron chi connectivity index (χ0n) is 11.6. The summed E-state index contributed by atoms with van der Waals surface area (Å²) < 4.78 is 38.6. The second-order valence-corrected chi connectivity index (χ2v) is 5.33. The lowest BCUT2D eigenvalue weighted by atomic mass is 10.2. The van der Waals surface area contributed by atoms with Crippen molar-refractivity contribution in [2.24, 2.45) is 0 Å². The Balaban J connectivity index is 2.19. The van der Waals surface area contributed by atoms with Gasteiger partial charge in [-0.25, -0.2) is 9.97 Å². The first kappa shape index (κ1) is 15.6. The van der Waals surface area contributed by atoms with Gasteiger partial charge < -0.3 is 10.6 Å². The molecule has 0 fully saturated rings. The lowest BCUT2D eigenvalue weighted by molar-refractivity contribution is -0.137. The van der Waals surface area contributed by atoms with Crippen LogP contribution in [0.3, 0.4) is 0 Å². The number of thiazole rings is 1. The van der Waals surface area contributed by atoms with Gasteiger partial charge in [0.1, 0.15) is 16.6 Å². The number of alkyl halides is 3. The highest BCUT2D eigenvalue weighted by atomic mass is 32.1. The van der Waals surface area contributed by atoms with Crippen LogP contribution in [0.2, 0.25) is 0 Å². The molecule has 0 radical (unpaired) electrons. The molecule has 0 unspecified atom stereocenters. The largest absolute Gasteiger partial charge is 0.416 e. The molecule has 0 spiro atoms. The molecule has 0 aliphatic heterocycles. The molecule has 2 rings (SSSR count). The van der Waals surface area contributed by atoms with Gasteiger partial charge in [0.2, 0.25) is 0 Å². The number of aryl methyl sites for hydroxylation is 1. The topological polar surface area (TPSA) is 49.8 Å². The van der Waals surface area contributed by atoms with Crippen LogP contribution in [0, 0.1) is 6.92 Å². The van der Waals surface area contributed by atoms with Crippen molar-refractivity contribution < 1.29 is 13.2 Å². The van der Waals surface area contributed by atoms with Crippen LogP contribution in [-0.2, 0) is 12.7 Å². The molecule has 0 aromatic carbocycles. The molecule has 0 bridgehead atoms. The molecule has 0 amide bonds. The van der Waals surface area contributed by atoms with E-state index in [0.29, 0.717) is 13.1 Å². The van der Waals surface area contributed by atoms with E-state index in [1.807, 2.05) is 12.3 Å². The molecule has 4 nitrogen and oxygen atoms in total. The van der Waals surface area contributed by atoms with Crippen molar-refractivity contribution in [3.05, 3.63) is 33.8 Å². The molecule has 0 atom stereocenters. The van der Waals surface area contributed by atoms with Crippen LogP contribution in [0.4, 0.5) is 24.8 Å². The molecule has 114 valence electrons. The zero-order valence-corrected chi connectivity index (χ0v) is 12.4. The van der Waals surface area contributed by atoms with Crippen molar-refractivity contribution in [2.45, 2.75) is 26.6 Å². The Morgan fingerprint density at radius 1 is 1.14 bits per heavy atom. The molecule has 2 aromatic rings. The van der Waals surface area contributed by atoms with Gasteiger partial charge in [0.15, 0.2) is 0 Å². The molecule has 0 saturated heterocycles. The van der Waals surface area contributed by atoms with E-state index >= 15 is 0 Å². The number of hydrogen-bond donors (Lipinski definition) is 2. The van der Waals surface area contributed by atoms with Gasteiger partial charge in [-0.05, 0) is 26.0 Å². The van der Waals surface area contributed by atoms with Crippen LogP contribution in [0.1, 0.15) is 23.2 Å². The Morgan fingerprint density at radius 2 is 1.81 bits per heavy atom. The second-order valence-electron chi connectivity index (χ2n) is 4.39. The van der Waals surface area contributed by atoms with E-state index in [0.717, 1.165) is 22.8 Å². The van der Waals surface area contributed by atoms with Crippen LogP contribution >= 0.6 is 11.3 Å². The van der Waals surface area contributed by atoms with E-state index in [1.165, 1.54) is 11.3 Å². The number of nitrogens with zero attached hydrogens (tertiary/aromatic N) is 2. The average molecular weight is 316 g/mol. The monoisotopic (exact) mass is 316 g/mol. The van der Waals surface area contributed by atoms with Crippen molar-refractivity contribution in [1.82, 2.24) is 9.97 Å². The molecule has 8 heteroatoms. The van der Waals surface area contributed by atoms with Crippen molar-refractivity contribution in [3.8, 4) is 0 Å². The maximum absolute atomic E-state index is 12.9. The van der Waals surface area contributed by atoms with Gasteiger partial charge in [0.05, 0.1) is 12.1 Å². The summed E-state index contributed by atoms with van der Waals surface area (Å²) in [6.07, 6.45) is -4.40. The number of nitrogens with one attached hydrogen (secondary N) is 2. The first-order valence-electron chi connectivity index (χ1n) is 6.36. The number of rotatable bonds is 5. The molecular formula is C13H15F3N4S. The number of hydrogen-bond acceptors (Lipinski definition) is 5. The molecular weight excluding hydrogens is 301 g/mol. The fraction of sp³-hybridized carbons (Fsp3) is 0.385. The Morgan fingerprint density at radius 3 is 2.33 bits per heavy atom. The van der Waals surface area contributed by atoms with Crippen LogP contribution in [0.25, 0.3) is 0 Å². The summed E-state index contributed by atoms with van der Waals surface area (Å²) in [6, 6.07) is 2.00. The highest BCUT2D eigenvalue weighted by molar-refractivity contribution is 7.09. The molecule has 2 N–H and O–H groups in total. The molecule has 2 aromatic heterocycles. The third-order valence-corrected chi connectivity index (χ3v) is 3.56. The number of aromatic nitrogens is 2. The average Bonchev–Trinajstić information content (AvgIpc) is 2.81. The summed E-state index contributed by atoms with van der Waals surface area (Å²) in [4.78, 5) is 8.36. The SMILES string of the molecule is CCNc1cc(C(F)(F)F)cc(NCc2nc(C)cs2)n1. The highest BCUT2D eigenvalue weighted by Crippen LogP contribution is 2.32. The van der Waals surface area contributed by atoms with Crippen molar-refractivity contribution >= 4 is 23.0 Å². The lowest BCUT2D eigenvalue weighted by Gasteiger charge is -2.12. The van der Waals surface area contributed by atoms with E-state index in [-0.39, 0.29) is 11.6 Å². The first-order chi connectivity index (χ1) is 9.88. The van der Waals surface area contributed by atoms with Gasteiger partial charge in [-0.3, -0.25) is 0 Å². The number of halogens is 3. The predicted molar refractivity (Wildman–Crippen MR) is 77.6 cm³/mol. The summed E-state index contributed by atoms with van der Waals surface area (Å²) >= 11 is 1.45. The second kappa shape index (κ2) is 6.30. The van der Waals surface area contributed by atoms with Crippen molar-refractivity contribution in [2.75, 3.05) is 17.2 Å². The van der Waals surface area contributed by atoms with Crippen LogP contribution < -0.4 is 10.6 Å². The molecule has 0 aliphatic rings. The smallest absolute Gasteiger partial charge is 0.370 e. The minimum absolute atomic E-state index is 0.175. The molecule has 0 aliphatic carbocycles. The van der Waals surface area contributed by atoms with E-state index in [2.05, 4.69) is 20.6 Å². The minimum atomic E-state index is -4.40. The standard InChI is InChI=1S/C13H15F3N4S/c1-3-17-10-4-9(13(14,15)16)5-11(20-10)18-6-12-19-8(2)7-21-12/h4-5,7H,3,6H2,1-2H3,(H2,17,18,20). The fourth-order valence-electron chi connectivity index (χ4n) is 1.71. The maximum atomic E-state index is 12.9. The third kappa shape index (κ3) is 4.32. The normalized spacial score (nSPS) is 11.5. The predicted octanol–water partition coefficient (Wildman–Crippen LogP) is 3.91. The summed E-state index contributed by atoms with van der Waals surface area (Å²) in [5, 5.41) is 8.37. The maximum Gasteiger partial charge on any atom is 0.416 e. The fourth-order valence-corrected chi connectivity index (χ4v) is 2.42. The number of anilines is 2. The van der Waals surface area contributed by atoms with Gasteiger partial charge in [-0.15, -0.1) is 11.3 Å². The quantitative estimate of drug-likeness (QED) is 0.878. The van der Waals surface area contributed by atoms with E-state index in [1.54, 1.807) is 6.92 Å². The first-order valence-corrected chi connectivity index (χ1v) is 7.24. The Bertz CT molecular complexity index is 610. The van der Waals surface area contributed by atoms with Crippen molar-refractivity contribution in [1.29, 1.82) is 0 Å². The number of pyridine rings is 1. The molecule has 2 heterocycles. The Hall–Kier alpha value is -1.83. The summed E-state index contributed by atoms with van der Waals surface area (Å²) in [7, 11) is 0. The minimum Gasteiger partial charge on any atom is -0.370 e. The molecule has 21 heavy (non-hydrogen) atoms. The Kier molecular flexibility index (Phi) is 4.66. The highest BCUT2D eigenvalue weighted by Gasteiger charge is 2.31. The molecule has 0 saturated carbocycles. The summed E-state index contributed by atoms with van der Waals surface area (Å²) in [6.45, 7) is 4.51.